The van der Waals surface area contributed by atoms with Crippen molar-refractivity contribution in [3.8, 4) is 28.4 Å². The molecule has 0 N–H and O–H groups in total. The van der Waals surface area contributed by atoms with Crippen LogP contribution in [0.3, 0.4) is 0 Å². The van der Waals surface area contributed by atoms with Gasteiger partial charge in [-0.05, 0) is 37.1 Å². The maximum absolute atomic E-state index is 5.43. The molecule has 0 spiro atoms. The fraction of sp³-hybridized carbons (Fsp3) is 0.300. The lowest BCUT2D eigenvalue weighted by molar-refractivity contribution is 0.394. The topological polar surface area (TPSA) is 49.2 Å². The Morgan fingerprint density at radius 2 is 1.64 bits per heavy atom. The number of benzene rings is 2. The first-order valence-corrected chi connectivity index (χ1v) is 8.50. The predicted octanol–water partition coefficient (Wildman–Crippen LogP) is 4.29. The molecule has 5 heteroatoms. The summed E-state index contributed by atoms with van der Waals surface area (Å²) in [5, 5.41) is 8.86. The Morgan fingerprint density at radius 3 is 2.24 bits per heavy atom. The van der Waals surface area contributed by atoms with Crippen LogP contribution in [0.15, 0.2) is 48.5 Å². The molecule has 0 radical (unpaired) electrons. The van der Waals surface area contributed by atoms with Gasteiger partial charge in [-0.25, -0.2) is 4.68 Å². The molecule has 0 unspecified atom stereocenters. The number of nitrogens with zero attached hydrogens (tertiary/aromatic N) is 3. The number of aromatic nitrogens is 3. The van der Waals surface area contributed by atoms with Gasteiger partial charge in [0.25, 0.3) is 0 Å². The van der Waals surface area contributed by atoms with E-state index in [4.69, 9.17) is 9.47 Å². The molecular formula is C20H23N3O2. The molecule has 25 heavy (non-hydrogen) atoms. The molecule has 0 aliphatic rings. The van der Waals surface area contributed by atoms with Crippen molar-refractivity contribution in [3.63, 3.8) is 0 Å². The minimum Gasteiger partial charge on any atom is -0.497 e. The highest BCUT2D eigenvalue weighted by Crippen LogP contribution is 2.32. The summed E-state index contributed by atoms with van der Waals surface area (Å²) in [7, 11) is 3.31. The second-order valence-corrected chi connectivity index (χ2v) is 5.84. The van der Waals surface area contributed by atoms with E-state index in [1.165, 1.54) is 0 Å². The van der Waals surface area contributed by atoms with Crippen molar-refractivity contribution < 1.29 is 9.47 Å². The molecule has 3 aromatic rings. The minimum atomic E-state index is 0.747. The Morgan fingerprint density at radius 1 is 0.960 bits per heavy atom. The van der Waals surface area contributed by atoms with Crippen molar-refractivity contribution >= 4 is 0 Å². The Hall–Kier alpha value is -2.82. The van der Waals surface area contributed by atoms with Gasteiger partial charge >= 0.3 is 0 Å². The fourth-order valence-corrected chi connectivity index (χ4v) is 2.81. The van der Waals surface area contributed by atoms with E-state index in [1.54, 1.807) is 14.2 Å². The predicted molar refractivity (Wildman–Crippen MR) is 98.5 cm³/mol. The molecule has 2 aromatic carbocycles. The number of unbranched alkanes of at least 4 members (excludes halogenated alkanes) is 1. The van der Waals surface area contributed by atoms with Gasteiger partial charge in [-0.3, -0.25) is 0 Å². The smallest absolute Gasteiger partial charge is 0.123 e. The molecule has 130 valence electrons. The lowest BCUT2D eigenvalue weighted by atomic mass is 10.1. The van der Waals surface area contributed by atoms with Crippen molar-refractivity contribution in [1.82, 2.24) is 15.0 Å². The largest absolute Gasteiger partial charge is 0.497 e. The number of para-hydroxylation sites is 1. The third-order valence-corrected chi connectivity index (χ3v) is 4.13. The minimum absolute atomic E-state index is 0.747. The van der Waals surface area contributed by atoms with Crippen LogP contribution in [0, 0.1) is 0 Å². The number of ether oxygens (including phenoxy) is 2. The highest BCUT2D eigenvalue weighted by Gasteiger charge is 2.17. The summed E-state index contributed by atoms with van der Waals surface area (Å²) in [6.45, 7) is 2.18. The van der Waals surface area contributed by atoms with Crippen LogP contribution < -0.4 is 9.47 Å². The van der Waals surface area contributed by atoms with E-state index in [0.29, 0.717) is 0 Å². The highest BCUT2D eigenvalue weighted by molar-refractivity contribution is 5.68. The van der Waals surface area contributed by atoms with Crippen molar-refractivity contribution in [2.24, 2.45) is 0 Å². The summed E-state index contributed by atoms with van der Waals surface area (Å²) >= 11 is 0. The summed E-state index contributed by atoms with van der Waals surface area (Å²) in [4.78, 5) is 0. The van der Waals surface area contributed by atoms with Gasteiger partial charge in [0, 0.05) is 11.6 Å². The molecule has 0 amide bonds. The van der Waals surface area contributed by atoms with E-state index in [1.807, 2.05) is 53.2 Å². The average Bonchev–Trinajstić information content (AvgIpc) is 3.10. The van der Waals surface area contributed by atoms with E-state index in [-0.39, 0.29) is 0 Å². The van der Waals surface area contributed by atoms with Gasteiger partial charge < -0.3 is 9.47 Å². The van der Waals surface area contributed by atoms with Crippen LogP contribution in [0.2, 0.25) is 0 Å². The van der Waals surface area contributed by atoms with Crippen LogP contribution in [0.5, 0.6) is 11.5 Å². The van der Waals surface area contributed by atoms with Gasteiger partial charge in [0.05, 0.1) is 31.3 Å². The van der Waals surface area contributed by atoms with Gasteiger partial charge in [-0.15, -0.1) is 5.10 Å². The van der Waals surface area contributed by atoms with Gasteiger partial charge in [-0.1, -0.05) is 36.8 Å². The molecule has 0 bridgehead atoms. The molecule has 0 fully saturated rings. The molecule has 0 aliphatic carbocycles. The maximum atomic E-state index is 5.43. The molecule has 0 saturated carbocycles. The molecule has 1 heterocycles. The molecule has 5 nitrogen and oxygen atoms in total. The Kier molecular flexibility index (Phi) is 5.33. The standard InChI is InChI=1S/C20H23N3O2/c1-4-5-11-19-20(15-12-17(24-2)14-18(13-15)25-3)23(22-21-19)16-9-7-6-8-10-16/h6-10,12-14H,4-5,11H2,1-3H3. The second kappa shape index (κ2) is 7.83. The summed E-state index contributed by atoms with van der Waals surface area (Å²) in [6, 6.07) is 15.9. The zero-order valence-electron chi connectivity index (χ0n) is 14.9. The first-order chi connectivity index (χ1) is 12.3. The van der Waals surface area contributed by atoms with Crippen molar-refractivity contribution in [3.05, 3.63) is 54.2 Å². The Balaban J connectivity index is 2.17. The van der Waals surface area contributed by atoms with Crippen molar-refractivity contribution in [2.45, 2.75) is 26.2 Å². The lowest BCUT2D eigenvalue weighted by Gasteiger charge is -2.12. The zero-order valence-corrected chi connectivity index (χ0v) is 14.9. The average molecular weight is 337 g/mol. The Labute approximate surface area is 148 Å². The molecule has 0 aliphatic heterocycles. The van der Waals surface area contributed by atoms with Crippen molar-refractivity contribution in [1.29, 1.82) is 0 Å². The highest BCUT2D eigenvalue weighted by atomic mass is 16.5. The van der Waals surface area contributed by atoms with Gasteiger partial charge in [-0.2, -0.15) is 0 Å². The van der Waals surface area contributed by atoms with Crippen LogP contribution in [0.4, 0.5) is 0 Å². The summed E-state index contributed by atoms with van der Waals surface area (Å²) in [5.41, 5.74) is 3.93. The number of rotatable bonds is 7. The van der Waals surface area contributed by atoms with Crippen LogP contribution in [0.1, 0.15) is 25.5 Å². The number of aryl methyl sites for hydroxylation is 1. The molecule has 0 atom stereocenters. The summed E-state index contributed by atoms with van der Waals surface area (Å²) < 4.78 is 12.8. The van der Waals surface area contributed by atoms with E-state index in [9.17, 15) is 0 Å². The van der Waals surface area contributed by atoms with E-state index >= 15 is 0 Å². The molecular weight excluding hydrogens is 314 g/mol. The van der Waals surface area contributed by atoms with Gasteiger partial charge in [0.2, 0.25) is 0 Å². The summed E-state index contributed by atoms with van der Waals surface area (Å²) in [6.07, 6.45) is 3.07. The second-order valence-electron chi connectivity index (χ2n) is 5.84. The third kappa shape index (κ3) is 3.65. The third-order valence-electron chi connectivity index (χ3n) is 4.13. The maximum Gasteiger partial charge on any atom is 0.123 e. The van der Waals surface area contributed by atoms with Gasteiger partial charge in [0.1, 0.15) is 11.5 Å². The van der Waals surface area contributed by atoms with Gasteiger partial charge in [0.15, 0.2) is 0 Å². The van der Waals surface area contributed by atoms with Crippen LogP contribution in [-0.2, 0) is 6.42 Å². The normalized spacial score (nSPS) is 10.7. The van der Waals surface area contributed by atoms with Crippen LogP contribution >= 0.6 is 0 Å². The van der Waals surface area contributed by atoms with E-state index < -0.39 is 0 Å². The quantitative estimate of drug-likeness (QED) is 0.645. The molecule has 3 rings (SSSR count). The first kappa shape index (κ1) is 17.0. The summed E-state index contributed by atoms with van der Waals surface area (Å²) in [5.74, 6) is 1.49. The van der Waals surface area contributed by atoms with Crippen LogP contribution in [-0.4, -0.2) is 29.2 Å². The zero-order chi connectivity index (χ0) is 17.6. The number of methoxy groups -OCH3 is 2. The van der Waals surface area contributed by atoms with Crippen LogP contribution in [0.25, 0.3) is 16.9 Å². The molecule has 1 aromatic heterocycles. The fourth-order valence-electron chi connectivity index (χ4n) is 2.81. The van der Waals surface area contributed by atoms with Crippen molar-refractivity contribution in [2.75, 3.05) is 14.2 Å². The number of hydrogen-bond acceptors (Lipinski definition) is 4. The number of hydrogen-bond donors (Lipinski definition) is 0. The molecule has 0 saturated heterocycles. The Bertz CT molecular complexity index is 806. The first-order valence-electron chi connectivity index (χ1n) is 8.50. The lowest BCUT2D eigenvalue weighted by Crippen LogP contribution is -2.01. The monoisotopic (exact) mass is 337 g/mol. The SMILES string of the molecule is CCCCc1nnn(-c2ccccc2)c1-c1cc(OC)cc(OC)c1. The van der Waals surface area contributed by atoms with E-state index in [2.05, 4.69) is 17.2 Å². The van der Waals surface area contributed by atoms with E-state index in [0.717, 1.165) is 53.4 Å².